The Morgan fingerprint density at radius 1 is 1.08 bits per heavy atom. The van der Waals surface area contributed by atoms with E-state index in [0.29, 0.717) is 5.69 Å². The van der Waals surface area contributed by atoms with Gasteiger partial charge in [-0.2, -0.15) is 9.90 Å². The molecule has 6 heteroatoms. The Morgan fingerprint density at radius 2 is 1.81 bits per heavy atom. The van der Waals surface area contributed by atoms with E-state index in [2.05, 4.69) is 44.7 Å². The first kappa shape index (κ1) is 16.5. The third-order valence-corrected chi connectivity index (χ3v) is 4.57. The lowest BCUT2D eigenvalue weighted by molar-refractivity contribution is 0.0932. The maximum Gasteiger partial charge on any atom is 0.273 e. The zero-order valence-corrected chi connectivity index (χ0v) is 14.5. The number of rotatable bonds is 5. The van der Waals surface area contributed by atoms with Crippen molar-refractivity contribution in [3.8, 4) is 5.69 Å². The Bertz CT molecular complexity index is 862. The first-order valence-corrected chi connectivity index (χ1v) is 8.83. The van der Waals surface area contributed by atoms with Gasteiger partial charge in [0.2, 0.25) is 0 Å². The monoisotopic (exact) mass is 347 g/mol. The van der Waals surface area contributed by atoms with Crippen molar-refractivity contribution < 1.29 is 4.79 Å². The second kappa shape index (κ2) is 7.49. The summed E-state index contributed by atoms with van der Waals surface area (Å²) in [5.74, 6) is -0.168. The van der Waals surface area contributed by atoms with Crippen LogP contribution in [0.1, 0.15) is 22.5 Å². The van der Waals surface area contributed by atoms with Crippen LogP contribution in [0.4, 0.5) is 0 Å². The average Bonchev–Trinajstić information content (AvgIpc) is 3.33. The summed E-state index contributed by atoms with van der Waals surface area (Å²) < 4.78 is 0. The highest BCUT2D eigenvalue weighted by Gasteiger charge is 2.25. The van der Waals surface area contributed by atoms with Crippen LogP contribution in [-0.4, -0.2) is 44.9 Å². The predicted octanol–water partition coefficient (Wildman–Crippen LogP) is 2.27. The molecule has 1 aliphatic heterocycles. The first-order chi connectivity index (χ1) is 12.8. The molecule has 2 aromatic carbocycles. The highest BCUT2D eigenvalue weighted by molar-refractivity contribution is 5.92. The molecule has 0 spiro atoms. The predicted molar refractivity (Wildman–Crippen MR) is 98.9 cm³/mol. The van der Waals surface area contributed by atoms with Gasteiger partial charge in [0.1, 0.15) is 0 Å². The lowest BCUT2D eigenvalue weighted by atomic mass is 10.2. The maximum atomic E-state index is 12.5. The number of carbonyl (C=O) groups is 1. The topological polar surface area (TPSA) is 63.1 Å². The maximum absolute atomic E-state index is 12.5. The van der Waals surface area contributed by atoms with Crippen LogP contribution in [0.25, 0.3) is 5.69 Å². The standard InChI is InChI=1S/C20H21N5O/c26-20(19-13-21-25(23-19)18-9-5-2-6-10-18)22-17-11-12-24(15-17)14-16-7-3-1-4-8-16/h1-10,13,17H,11-12,14-15H2,(H,22,26)/t17-/m1/s1. The molecular weight excluding hydrogens is 326 g/mol. The third kappa shape index (κ3) is 3.81. The van der Waals surface area contributed by atoms with Crippen LogP contribution in [0.5, 0.6) is 0 Å². The van der Waals surface area contributed by atoms with E-state index < -0.39 is 0 Å². The molecule has 0 aliphatic carbocycles. The van der Waals surface area contributed by atoms with E-state index in [-0.39, 0.29) is 11.9 Å². The second-order valence-electron chi connectivity index (χ2n) is 6.53. The van der Waals surface area contributed by atoms with Gasteiger partial charge in [-0.3, -0.25) is 9.69 Å². The molecule has 1 aromatic heterocycles. The minimum absolute atomic E-state index is 0.146. The molecule has 0 saturated carbocycles. The van der Waals surface area contributed by atoms with E-state index in [1.807, 2.05) is 36.4 Å². The quantitative estimate of drug-likeness (QED) is 0.769. The summed E-state index contributed by atoms with van der Waals surface area (Å²) in [6.45, 7) is 2.75. The number of para-hydroxylation sites is 1. The summed E-state index contributed by atoms with van der Waals surface area (Å²) >= 11 is 0. The molecule has 3 aromatic rings. The van der Waals surface area contributed by atoms with Crippen LogP contribution in [0.2, 0.25) is 0 Å². The Kier molecular flexibility index (Phi) is 4.75. The number of hydrogen-bond donors (Lipinski definition) is 1. The highest BCUT2D eigenvalue weighted by atomic mass is 16.2. The zero-order valence-electron chi connectivity index (χ0n) is 14.5. The fourth-order valence-corrected chi connectivity index (χ4v) is 3.25. The van der Waals surface area contributed by atoms with Crippen molar-refractivity contribution in [2.75, 3.05) is 13.1 Å². The SMILES string of the molecule is O=C(N[C@@H]1CCN(Cc2ccccc2)C1)c1cnn(-c2ccccc2)n1. The summed E-state index contributed by atoms with van der Waals surface area (Å²) in [6, 6.07) is 20.1. The van der Waals surface area contributed by atoms with Crippen LogP contribution >= 0.6 is 0 Å². The van der Waals surface area contributed by atoms with Crippen LogP contribution < -0.4 is 5.32 Å². The fraction of sp³-hybridized carbons (Fsp3) is 0.250. The van der Waals surface area contributed by atoms with Gasteiger partial charge in [0, 0.05) is 25.7 Å². The van der Waals surface area contributed by atoms with Crippen molar-refractivity contribution in [1.29, 1.82) is 0 Å². The van der Waals surface area contributed by atoms with Crippen LogP contribution in [0, 0.1) is 0 Å². The van der Waals surface area contributed by atoms with E-state index in [1.165, 1.54) is 16.6 Å². The smallest absolute Gasteiger partial charge is 0.273 e. The van der Waals surface area contributed by atoms with E-state index >= 15 is 0 Å². The van der Waals surface area contributed by atoms with Gasteiger partial charge in [-0.15, -0.1) is 5.10 Å². The molecule has 0 radical (unpaired) electrons. The molecule has 0 bridgehead atoms. The Morgan fingerprint density at radius 3 is 2.58 bits per heavy atom. The lowest BCUT2D eigenvalue weighted by Gasteiger charge is -2.16. The van der Waals surface area contributed by atoms with Crippen molar-refractivity contribution in [2.24, 2.45) is 0 Å². The molecular formula is C20H21N5O. The molecule has 4 rings (SSSR count). The van der Waals surface area contributed by atoms with E-state index in [4.69, 9.17) is 0 Å². The molecule has 1 saturated heterocycles. The van der Waals surface area contributed by atoms with E-state index in [1.54, 1.807) is 0 Å². The largest absolute Gasteiger partial charge is 0.347 e. The van der Waals surface area contributed by atoms with Gasteiger partial charge in [-0.05, 0) is 24.1 Å². The Balaban J connectivity index is 1.33. The lowest BCUT2D eigenvalue weighted by Crippen LogP contribution is -2.37. The number of benzene rings is 2. The average molecular weight is 347 g/mol. The van der Waals surface area contributed by atoms with Crippen molar-refractivity contribution in [3.63, 3.8) is 0 Å². The van der Waals surface area contributed by atoms with Gasteiger partial charge in [-0.25, -0.2) is 0 Å². The highest BCUT2D eigenvalue weighted by Crippen LogP contribution is 2.14. The number of aromatic nitrogens is 3. The molecule has 132 valence electrons. The van der Waals surface area contributed by atoms with Crippen molar-refractivity contribution >= 4 is 5.91 Å². The molecule has 6 nitrogen and oxygen atoms in total. The number of carbonyl (C=O) groups excluding carboxylic acids is 1. The summed E-state index contributed by atoms with van der Waals surface area (Å²) in [4.78, 5) is 16.3. The number of nitrogens with one attached hydrogen (secondary N) is 1. The minimum atomic E-state index is -0.168. The third-order valence-electron chi connectivity index (χ3n) is 4.57. The van der Waals surface area contributed by atoms with E-state index in [0.717, 1.165) is 31.7 Å². The molecule has 1 aliphatic rings. The summed E-state index contributed by atoms with van der Waals surface area (Å²) in [7, 11) is 0. The molecule has 1 amide bonds. The van der Waals surface area contributed by atoms with Crippen molar-refractivity contribution in [2.45, 2.75) is 19.0 Å². The second-order valence-corrected chi connectivity index (χ2v) is 6.53. The normalized spacial score (nSPS) is 17.3. The number of likely N-dealkylation sites (tertiary alicyclic amines) is 1. The number of amides is 1. The van der Waals surface area contributed by atoms with Crippen molar-refractivity contribution in [1.82, 2.24) is 25.2 Å². The molecule has 1 atom stereocenters. The summed E-state index contributed by atoms with van der Waals surface area (Å²) in [5.41, 5.74) is 2.47. The van der Waals surface area contributed by atoms with E-state index in [9.17, 15) is 4.79 Å². The van der Waals surface area contributed by atoms with Crippen LogP contribution in [-0.2, 0) is 6.54 Å². The summed E-state index contributed by atoms with van der Waals surface area (Å²) in [5, 5.41) is 11.6. The van der Waals surface area contributed by atoms with Gasteiger partial charge in [0.25, 0.3) is 5.91 Å². The number of hydrogen-bond acceptors (Lipinski definition) is 4. The van der Waals surface area contributed by atoms with Crippen LogP contribution in [0.3, 0.4) is 0 Å². The first-order valence-electron chi connectivity index (χ1n) is 8.83. The van der Waals surface area contributed by atoms with Gasteiger partial charge in [0.15, 0.2) is 5.69 Å². The summed E-state index contributed by atoms with van der Waals surface area (Å²) in [6.07, 6.45) is 2.46. The molecule has 1 fully saturated rings. The molecule has 1 N–H and O–H groups in total. The Labute approximate surface area is 152 Å². The van der Waals surface area contributed by atoms with Gasteiger partial charge >= 0.3 is 0 Å². The molecule has 0 unspecified atom stereocenters. The van der Waals surface area contributed by atoms with Crippen LogP contribution in [0.15, 0.2) is 66.9 Å². The van der Waals surface area contributed by atoms with Crippen molar-refractivity contribution in [3.05, 3.63) is 78.1 Å². The minimum Gasteiger partial charge on any atom is -0.347 e. The Hall–Kier alpha value is -2.99. The van der Waals surface area contributed by atoms with Gasteiger partial charge < -0.3 is 5.32 Å². The fourth-order valence-electron chi connectivity index (χ4n) is 3.25. The molecule has 2 heterocycles. The number of nitrogens with zero attached hydrogens (tertiary/aromatic N) is 4. The molecule has 26 heavy (non-hydrogen) atoms. The van der Waals surface area contributed by atoms with Gasteiger partial charge in [0.05, 0.1) is 11.9 Å². The zero-order chi connectivity index (χ0) is 17.8. The van der Waals surface area contributed by atoms with Gasteiger partial charge in [-0.1, -0.05) is 48.5 Å².